The molecule has 98 valence electrons. The van der Waals surface area contributed by atoms with Crippen LogP contribution in [0.3, 0.4) is 0 Å². The van der Waals surface area contributed by atoms with Crippen LogP contribution in [-0.4, -0.2) is 23.5 Å². The molecule has 0 saturated heterocycles. The van der Waals surface area contributed by atoms with Crippen LogP contribution in [0, 0.1) is 6.92 Å². The first kappa shape index (κ1) is 14.2. The first-order valence-corrected chi connectivity index (χ1v) is 7.22. The average molecular weight is 259 g/mol. The number of nitrogens with zero attached hydrogens (tertiary/aromatic N) is 2. The van der Waals surface area contributed by atoms with E-state index in [0.717, 1.165) is 18.8 Å². The Morgan fingerprint density at radius 1 is 1.41 bits per heavy atom. The van der Waals surface area contributed by atoms with Crippen molar-refractivity contribution in [1.82, 2.24) is 14.3 Å². The van der Waals surface area contributed by atoms with E-state index in [-0.39, 0.29) is 5.03 Å². The standard InChI is InChI=1S/C11H21N3O2S/c1-6-7-14-8-10(12-9(14)2)17(15,16)13-11(3,4)5/h8,13H,6-7H2,1-5H3. The molecule has 0 aliphatic heterocycles. The van der Waals surface area contributed by atoms with Crippen LogP contribution >= 0.6 is 0 Å². The summed E-state index contributed by atoms with van der Waals surface area (Å²) in [6, 6.07) is 0. The van der Waals surface area contributed by atoms with Crippen molar-refractivity contribution in [1.29, 1.82) is 0 Å². The minimum atomic E-state index is -3.52. The molecule has 0 fully saturated rings. The highest BCUT2D eigenvalue weighted by Gasteiger charge is 2.24. The molecular formula is C11H21N3O2S. The first-order valence-electron chi connectivity index (χ1n) is 5.73. The summed E-state index contributed by atoms with van der Waals surface area (Å²) in [7, 11) is -3.52. The molecule has 6 heteroatoms. The molecule has 17 heavy (non-hydrogen) atoms. The summed E-state index contributed by atoms with van der Waals surface area (Å²) < 4.78 is 28.5. The van der Waals surface area contributed by atoms with Gasteiger partial charge in [-0.3, -0.25) is 0 Å². The van der Waals surface area contributed by atoms with Gasteiger partial charge in [0, 0.05) is 18.3 Å². The average Bonchev–Trinajstić information content (AvgIpc) is 2.45. The minimum absolute atomic E-state index is 0.0957. The molecular weight excluding hydrogens is 238 g/mol. The normalized spacial score (nSPS) is 13.0. The maximum Gasteiger partial charge on any atom is 0.260 e. The lowest BCUT2D eigenvalue weighted by Crippen LogP contribution is -2.40. The molecule has 1 N–H and O–H groups in total. The molecule has 1 heterocycles. The predicted octanol–water partition coefficient (Wildman–Crippen LogP) is 1.68. The van der Waals surface area contributed by atoms with Crippen LogP contribution in [0.5, 0.6) is 0 Å². The summed E-state index contributed by atoms with van der Waals surface area (Å²) in [5.41, 5.74) is -0.499. The third-order valence-corrected chi connectivity index (χ3v) is 3.76. The number of rotatable bonds is 4. The van der Waals surface area contributed by atoms with E-state index < -0.39 is 15.6 Å². The SMILES string of the molecule is CCCn1cc(S(=O)(=O)NC(C)(C)C)nc1C. The molecule has 5 nitrogen and oxygen atoms in total. The number of sulfonamides is 1. The van der Waals surface area contributed by atoms with Gasteiger partial charge in [0.2, 0.25) is 0 Å². The minimum Gasteiger partial charge on any atom is -0.334 e. The van der Waals surface area contributed by atoms with Gasteiger partial charge in [0.1, 0.15) is 5.82 Å². The Hall–Kier alpha value is -0.880. The molecule has 1 aromatic rings. The lowest BCUT2D eigenvalue weighted by Gasteiger charge is -2.19. The van der Waals surface area contributed by atoms with Crippen molar-refractivity contribution in [3.8, 4) is 0 Å². The van der Waals surface area contributed by atoms with Crippen molar-refractivity contribution in [2.75, 3.05) is 0 Å². The smallest absolute Gasteiger partial charge is 0.260 e. The zero-order valence-electron chi connectivity index (χ0n) is 11.1. The second-order valence-corrected chi connectivity index (χ2v) is 6.80. The van der Waals surface area contributed by atoms with E-state index >= 15 is 0 Å². The molecule has 0 aliphatic rings. The van der Waals surface area contributed by atoms with Crippen LogP contribution in [0.1, 0.15) is 39.9 Å². The maximum atomic E-state index is 12.0. The van der Waals surface area contributed by atoms with E-state index in [1.54, 1.807) is 27.0 Å². The molecule has 1 rings (SSSR count). The predicted molar refractivity (Wildman–Crippen MR) is 67.3 cm³/mol. The molecule has 1 aromatic heterocycles. The van der Waals surface area contributed by atoms with Crippen molar-refractivity contribution in [3.05, 3.63) is 12.0 Å². The van der Waals surface area contributed by atoms with Gasteiger partial charge in [0.25, 0.3) is 10.0 Å². The second kappa shape index (κ2) is 4.78. The third kappa shape index (κ3) is 3.81. The van der Waals surface area contributed by atoms with Gasteiger partial charge in [-0.05, 0) is 34.1 Å². The molecule has 0 radical (unpaired) electrons. The molecule has 0 saturated carbocycles. The lowest BCUT2D eigenvalue weighted by molar-refractivity contribution is 0.489. The van der Waals surface area contributed by atoms with Crippen molar-refractivity contribution < 1.29 is 8.42 Å². The van der Waals surface area contributed by atoms with E-state index in [2.05, 4.69) is 9.71 Å². The fourth-order valence-electron chi connectivity index (χ4n) is 1.53. The van der Waals surface area contributed by atoms with Crippen molar-refractivity contribution in [3.63, 3.8) is 0 Å². The van der Waals surface area contributed by atoms with Gasteiger partial charge in [-0.15, -0.1) is 0 Å². The van der Waals surface area contributed by atoms with Crippen LogP contribution in [0.2, 0.25) is 0 Å². The van der Waals surface area contributed by atoms with Gasteiger partial charge >= 0.3 is 0 Å². The summed E-state index contributed by atoms with van der Waals surface area (Å²) in [5.74, 6) is 0.723. The summed E-state index contributed by atoms with van der Waals surface area (Å²) in [6.07, 6.45) is 2.54. The van der Waals surface area contributed by atoms with E-state index in [1.807, 2.05) is 18.4 Å². The van der Waals surface area contributed by atoms with E-state index in [4.69, 9.17) is 0 Å². The zero-order chi connectivity index (χ0) is 13.3. The summed E-state index contributed by atoms with van der Waals surface area (Å²) in [4.78, 5) is 4.10. The Balaban J connectivity index is 3.04. The summed E-state index contributed by atoms with van der Waals surface area (Å²) in [5, 5.41) is 0.0957. The number of imidazole rings is 1. The molecule has 0 amide bonds. The number of hydrogen-bond donors (Lipinski definition) is 1. The van der Waals surface area contributed by atoms with Crippen LogP contribution in [-0.2, 0) is 16.6 Å². The highest BCUT2D eigenvalue weighted by atomic mass is 32.2. The highest BCUT2D eigenvalue weighted by Crippen LogP contribution is 2.13. The van der Waals surface area contributed by atoms with Crippen LogP contribution in [0.25, 0.3) is 0 Å². The third-order valence-electron chi connectivity index (χ3n) is 2.13. The topological polar surface area (TPSA) is 64.0 Å². The monoisotopic (exact) mass is 259 g/mol. The van der Waals surface area contributed by atoms with E-state index in [9.17, 15) is 8.42 Å². The van der Waals surface area contributed by atoms with Gasteiger partial charge in [0.15, 0.2) is 5.03 Å². The zero-order valence-corrected chi connectivity index (χ0v) is 11.9. The molecule has 0 unspecified atom stereocenters. The van der Waals surface area contributed by atoms with Gasteiger partial charge in [0.05, 0.1) is 0 Å². The van der Waals surface area contributed by atoms with Crippen LogP contribution < -0.4 is 4.72 Å². The molecule has 0 aliphatic carbocycles. The Bertz CT molecular complexity index is 483. The van der Waals surface area contributed by atoms with Crippen LogP contribution in [0.4, 0.5) is 0 Å². The maximum absolute atomic E-state index is 12.0. The Morgan fingerprint density at radius 3 is 2.47 bits per heavy atom. The number of hydrogen-bond acceptors (Lipinski definition) is 3. The summed E-state index contributed by atoms with van der Waals surface area (Å²) in [6.45, 7) is 10.1. The quantitative estimate of drug-likeness (QED) is 0.894. The van der Waals surface area contributed by atoms with E-state index in [1.165, 1.54) is 0 Å². The largest absolute Gasteiger partial charge is 0.334 e. The van der Waals surface area contributed by atoms with Crippen LogP contribution in [0.15, 0.2) is 11.2 Å². The van der Waals surface area contributed by atoms with Crippen molar-refractivity contribution in [2.45, 2.75) is 58.1 Å². The molecule has 0 bridgehead atoms. The fraction of sp³-hybridized carbons (Fsp3) is 0.727. The van der Waals surface area contributed by atoms with Gasteiger partial charge in [-0.25, -0.2) is 18.1 Å². The number of aromatic nitrogens is 2. The van der Waals surface area contributed by atoms with Gasteiger partial charge in [-0.1, -0.05) is 6.92 Å². The Morgan fingerprint density at radius 2 is 2.00 bits per heavy atom. The Labute approximate surface area is 103 Å². The first-order chi connectivity index (χ1) is 7.65. The molecule has 0 atom stereocenters. The van der Waals surface area contributed by atoms with Gasteiger partial charge in [-0.2, -0.15) is 0 Å². The van der Waals surface area contributed by atoms with E-state index in [0.29, 0.717) is 0 Å². The fourth-order valence-corrected chi connectivity index (χ4v) is 2.96. The summed E-state index contributed by atoms with van der Waals surface area (Å²) >= 11 is 0. The lowest BCUT2D eigenvalue weighted by atomic mass is 10.1. The Kier molecular flexibility index (Phi) is 3.99. The van der Waals surface area contributed by atoms with Gasteiger partial charge < -0.3 is 4.57 Å². The van der Waals surface area contributed by atoms with Crippen molar-refractivity contribution in [2.24, 2.45) is 0 Å². The number of nitrogens with one attached hydrogen (secondary N) is 1. The van der Waals surface area contributed by atoms with Crippen molar-refractivity contribution >= 4 is 10.0 Å². The second-order valence-electron chi connectivity index (χ2n) is 5.18. The molecule has 0 spiro atoms. The highest BCUT2D eigenvalue weighted by molar-refractivity contribution is 7.89. The molecule has 0 aromatic carbocycles. The number of aryl methyl sites for hydroxylation is 2.